The first-order valence-corrected chi connectivity index (χ1v) is 11.4. The maximum Gasteiger partial charge on any atom is 0.274 e. The zero-order chi connectivity index (χ0) is 22.6. The van der Waals surface area contributed by atoms with Crippen LogP contribution in [0, 0.1) is 17.0 Å². The minimum absolute atomic E-state index is 0.0103. The highest BCUT2D eigenvalue weighted by atomic mass is 32.2. The van der Waals surface area contributed by atoms with Gasteiger partial charge < -0.3 is 10.1 Å². The predicted molar refractivity (Wildman–Crippen MR) is 116 cm³/mol. The third-order valence-electron chi connectivity index (χ3n) is 5.37. The Morgan fingerprint density at radius 1 is 1.13 bits per heavy atom. The van der Waals surface area contributed by atoms with Gasteiger partial charge in [0, 0.05) is 19.2 Å². The van der Waals surface area contributed by atoms with Gasteiger partial charge in [0.2, 0.25) is 10.0 Å². The monoisotopic (exact) mass is 447 g/mol. The van der Waals surface area contributed by atoms with Gasteiger partial charge in [-0.3, -0.25) is 14.9 Å². The second kappa shape index (κ2) is 9.44. The highest BCUT2D eigenvalue weighted by Gasteiger charge is 2.27. The largest absolute Gasteiger partial charge is 0.496 e. The molecule has 31 heavy (non-hydrogen) atoms. The predicted octanol–water partition coefficient (Wildman–Crippen LogP) is 3.73. The number of nitrogens with one attached hydrogen (secondary N) is 1. The van der Waals surface area contributed by atoms with E-state index in [1.165, 1.54) is 48.7 Å². The van der Waals surface area contributed by atoms with Gasteiger partial charge >= 0.3 is 0 Å². The van der Waals surface area contributed by atoms with E-state index < -0.39 is 20.9 Å². The molecule has 1 N–H and O–H groups in total. The molecule has 0 spiro atoms. The molecule has 1 amide bonds. The fraction of sp³-hybridized carbons (Fsp3) is 0.381. The summed E-state index contributed by atoms with van der Waals surface area (Å²) in [6.07, 6.45) is 3.58. The molecule has 1 fully saturated rings. The molecule has 0 aliphatic carbocycles. The first kappa shape index (κ1) is 22.7. The average Bonchev–Trinajstić information content (AvgIpc) is 3.04. The average molecular weight is 448 g/mol. The smallest absolute Gasteiger partial charge is 0.274 e. The number of nitro groups is 1. The number of hydrogen-bond donors (Lipinski definition) is 1. The third kappa shape index (κ3) is 4.86. The number of amides is 1. The minimum Gasteiger partial charge on any atom is -0.496 e. The van der Waals surface area contributed by atoms with E-state index >= 15 is 0 Å². The van der Waals surface area contributed by atoms with E-state index in [-0.39, 0.29) is 27.6 Å². The Morgan fingerprint density at radius 2 is 1.81 bits per heavy atom. The number of nitro benzene ring substituents is 1. The van der Waals surface area contributed by atoms with Gasteiger partial charge in [0.15, 0.2) is 0 Å². The minimum atomic E-state index is -3.76. The van der Waals surface area contributed by atoms with Crippen molar-refractivity contribution < 1.29 is 22.9 Å². The second-order valence-electron chi connectivity index (χ2n) is 7.34. The molecule has 1 saturated heterocycles. The Bertz CT molecular complexity index is 1090. The first-order chi connectivity index (χ1) is 14.8. The number of hydrogen-bond acceptors (Lipinski definition) is 6. The van der Waals surface area contributed by atoms with Gasteiger partial charge in [0.05, 0.1) is 33.7 Å². The Labute approximate surface area is 181 Å². The first-order valence-electron chi connectivity index (χ1n) is 9.99. The van der Waals surface area contributed by atoms with Crippen LogP contribution in [0.3, 0.4) is 0 Å². The zero-order valence-corrected chi connectivity index (χ0v) is 18.3. The number of methoxy groups -OCH3 is 1. The molecule has 0 atom stereocenters. The molecular formula is C21H25N3O6S. The summed E-state index contributed by atoms with van der Waals surface area (Å²) >= 11 is 0. The normalized spacial score (nSPS) is 15.2. The second-order valence-corrected chi connectivity index (χ2v) is 9.28. The van der Waals surface area contributed by atoms with Crippen LogP contribution in [0.5, 0.6) is 5.75 Å². The molecule has 1 aliphatic heterocycles. The van der Waals surface area contributed by atoms with E-state index in [9.17, 15) is 23.3 Å². The number of carbonyl (C=O) groups excluding carboxylic acids is 1. The Balaban J connectivity index is 1.95. The van der Waals surface area contributed by atoms with E-state index in [1.807, 2.05) is 0 Å². The van der Waals surface area contributed by atoms with Crippen molar-refractivity contribution in [3.63, 3.8) is 0 Å². The SMILES string of the molecule is COc1ccc(S(=O)(=O)N2CCCCCC2)cc1C(=O)Nc1cccc([N+](=O)[O-])c1C. The molecule has 3 rings (SSSR count). The molecule has 0 unspecified atom stereocenters. The van der Waals surface area contributed by atoms with Crippen LogP contribution < -0.4 is 10.1 Å². The van der Waals surface area contributed by atoms with Crippen molar-refractivity contribution in [1.29, 1.82) is 0 Å². The van der Waals surface area contributed by atoms with Crippen molar-refractivity contribution in [2.75, 3.05) is 25.5 Å². The van der Waals surface area contributed by atoms with Crippen LogP contribution in [0.1, 0.15) is 41.6 Å². The summed E-state index contributed by atoms with van der Waals surface area (Å²) in [5, 5.41) is 13.8. The summed E-state index contributed by atoms with van der Waals surface area (Å²) in [7, 11) is -2.37. The van der Waals surface area contributed by atoms with Crippen molar-refractivity contribution in [2.45, 2.75) is 37.5 Å². The number of anilines is 1. The molecule has 9 nitrogen and oxygen atoms in total. The van der Waals surface area contributed by atoms with Crippen LogP contribution in [0.2, 0.25) is 0 Å². The zero-order valence-electron chi connectivity index (χ0n) is 17.5. The summed E-state index contributed by atoms with van der Waals surface area (Å²) in [6, 6.07) is 8.53. The highest BCUT2D eigenvalue weighted by Crippen LogP contribution is 2.29. The number of benzene rings is 2. The maximum atomic E-state index is 13.1. The molecule has 0 radical (unpaired) electrons. The van der Waals surface area contributed by atoms with E-state index in [2.05, 4.69) is 5.32 Å². The van der Waals surface area contributed by atoms with Crippen LogP contribution in [-0.4, -0.2) is 43.8 Å². The lowest BCUT2D eigenvalue weighted by molar-refractivity contribution is -0.385. The van der Waals surface area contributed by atoms with Gasteiger partial charge in [-0.25, -0.2) is 8.42 Å². The van der Waals surface area contributed by atoms with E-state index in [1.54, 1.807) is 6.07 Å². The summed E-state index contributed by atoms with van der Waals surface area (Å²) in [6.45, 7) is 2.43. The van der Waals surface area contributed by atoms with Gasteiger partial charge in [-0.2, -0.15) is 4.31 Å². The molecule has 2 aromatic carbocycles. The maximum absolute atomic E-state index is 13.1. The van der Waals surface area contributed by atoms with Crippen molar-refractivity contribution in [3.8, 4) is 5.75 Å². The Morgan fingerprint density at radius 3 is 2.42 bits per heavy atom. The molecule has 166 valence electrons. The van der Waals surface area contributed by atoms with E-state index in [4.69, 9.17) is 4.74 Å². The van der Waals surface area contributed by atoms with Crippen molar-refractivity contribution in [3.05, 3.63) is 57.6 Å². The van der Waals surface area contributed by atoms with Crippen LogP contribution in [0.25, 0.3) is 0 Å². The van der Waals surface area contributed by atoms with Crippen LogP contribution in [0.4, 0.5) is 11.4 Å². The topological polar surface area (TPSA) is 119 Å². The lowest BCUT2D eigenvalue weighted by Gasteiger charge is -2.20. The van der Waals surface area contributed by atoms with Crippen molar-refractivity contribution in [2.24, 2.45) is 0 Å². The molecule has 1 aliphatic rings. The summed E-state index contributed by atoms with van der Waals surface area (Å²) in [4.78, 5) is 23.6. The number of rotatable bonds is 6. The summed E-state index contributed by atoms with van der Waals surface area (Å²) in [5.41, 5.74) is 0.474. The molecular weight excluding hydrogens is 422 g/mol. The van der Waals surface area contributed by atoms with Crippen LogP contribution in [-0.2, 0) is 10.0 Å². The number of carbonyl (C=O) groups is 1. The van der Waals surface area contributed by atoms with Gasteiger partial charge in [0.25, 0.3) is 11.6 Å². The lowest BCUT2D eigenvalue weighted by atomic mass is 10.1. The molecule has 1 heterocycles. The molecule has 2 aromatic rings. The highest BCUT2D eigenvalue weighted by molar-refractivity contribution is 7.89. The van der Waals surface area contributed by atoms with Gasteiger partial charge in [-0.15, -0.1) is 0 Å². The van der Waals surface area contributed by atoms with E-state index in [0.717, 1.165) is 25.7 Å². The standard InChI is InChI=1S/C21H25N3O6S/c1-15-18(8-7-9-19(15)24(26)27)22-21(25)17-14-16(10-11-20(17)30-2)31(28,29)23-12-5-3-4-6-13-23/h7-11,14H,3-6,12-13H2,1-2H3,(H,22,25). The van der Waals surface area contributed by atoms with Gasteiger partial charge in [-0.1, -0.05) is 18.9 Å². The molecule has 0 aromatic heterocycles. The Hall–Kier alpha value is -2.98. The fourth-order valence-electron chi connectivity index (χ4n) is 3.60. The quantitative estimate of drug-likeness (QED) is 0.532. The van der Waals surface area contributed by atoms with E-state index in [0.29, 0.717) is 18.7 Å². The number of ether oxygens (including phenoxy) is 1. The van der Waals surface area contributed by atoms with Crippen LogP contribution in [0.15, 0.2) is 41.3 Å². The lowest BCUT2D eigenvalue weighted by Crippen LogP contribution is -2.32. The third-order valence-corrected chi connectivity index (χ3v) is 7.26. The van der Waals surface area contributed by atoms with Crippen molar-refractivity contribution in [1.82, 2.24) is 4.31 Å². The Kier molecular flexibility index (Phi) is 6.91. The van der Waals surface area contributed by atoms with Crippen LogP contribution >= 0.6 is 0 Å². The number of sulfonamides is 1. The number of nitrogens with zero attached hydrogens (tertiary/aromatic N) is 2. The molecule has 0 saturated carbocycles. The van der Waals surface area contributed by atoms with Crippen molar-refractivity contribution >= 4 is 27.3 Å². The van der Waals surface area contributed by atoms with Gasteiger partial charge in [0.1, 0.15) is 5.75 Å². The summed E-state index contributed by atoms with van der Waals surface area (Å²) in [5.74, 6) is -0.413. The fourth-order valence-corrected chi connectivity index (χ4v) is 5.15. The molecule has 10 heteroatoms. The molecule has 0 bridgehead atoms. The summed E-state index contributed by atoms with van der Waals surface area (Å²) < 4.78 is 33.0. The van der Waals surface area contributed by atoms with Gasteiger partial charge in [-0.05, 0) is 44.0 Å².